The Kier molecular flexibility index (Phi) is 4.72. The number of nitrogens with two attached hydrogens (primary N) is 1. The van der Waals surface area contributed by atoms with Crippen molar-refractivity contribution in [3.63, 3.8) is 0 Å². The lowest BCUT2D eigenvalue weighted by molar-refractivity contribution is 0.0744. The highest BCUT2D eigenvalue weighted by Gasteiger charge is 2.37. The second kappa shape index (κ2) is 6.18. The molecule has 6 nitrogen and oxygen atoms in total. The fourth-order valence-electron chi connectivity index (χ4n) is 2.08. The summed E-state index contributed by atoms with van der Waals surface area (Å²) in [5, 5.41) is -0.928. The average molecular weight is 333 g/mol. The largest absolute Gasteiger partial charge is 0.381 e. The molecule has 0 bridgehead atoms. The highest BCUT2D eigenvalue weighted by molar-refractivity contribution is 8.01. The Bertz CT molecular complexity index is 651. The Morgan fingerprint density at radius 3 is 3.00 bits per heavy atom. The number of nitrogens with zero attached hydrogens (tertiary/aromatic N) is 2. The lowest BCUT2D eigenvalue weighted by Crippen LogP contribution is -2.50. The number of amides is 1. The average Bonchev–Trinajstić information content (AvgIpc) is 2.49. The van der Waals surface area contributed by atoms with E-state index in [2.05, 4.69) is 4.98 Å². The van der Waals surface area contributed by atoms with Gasteiger partial charge in [0.2, 0.25) is 0 Å². The van der Waals surface area contributed by atoms with E-state index in [1.165, 1.54) is 35.8 Å². The summed E-state index contributed by atoms with van der Waals surface area (Å²) in [5.41, 5.74) is 5.11. The molecular weight excluding hydrogens is 317 g/mol. The third-order valence-electron chi connectivity index (χ3n) is 3.31. The van der Waals surface area contributed by atoms with Crippen LogP contribution >= 0.6 is 11.8 Å². The molecule has 1 aliphatic rings. The molecule has 0 radical (unpaired) electrons. The van der Waals surface area contributed by atoms with Crippen molar-refractivity contribution < 1.29 is 17.6 Å². The van der Waals surface area contributed by atoms with E-state index in [9.17, 15) is 17.6 Å². The minimum atomic E-state index is -3.43. The lowest BCUT2D eigenvalue weighted by Gasteiger charge is -2.34. The fraction of sp³-hybridized carbons (Fsp3) is 0.500. The molecule has 1 fully saturated rings. The van der Waals surface area contributed by atoms with E-state index >= 15 is 0 Å². The second-order valence-corrected chi connectivity index (χ2v) is 8.13. The number of pyridine rings is 1. The molecule has 1 unspecified atom stereocenters. The van der Waals surface area contributed by atoms with Gasteiger partial charge in [-0.1, -0.05) is 6.92 Å². The summed E-state index contributed by atoms with van der Waals surface area (Å²) < 4.78 is 38.2. The van der Waals surface area contributed by atoms with Crippen molar-refractivity contribution in [1.82, 2.24) is 9.88 Å². The zero-order valence-corrected chi connectivity index (χ0v) is 13.1. The first-order chi connectivity index (χ1) is 9.88. The molecule has 2 N–H and O–H groups in total. The summed E-state index contributed by atoms with van der Waals surface area (Å²) in [6.45, 7) is 1.79. The molecule has 21 heavy (non-hydrogen) atoms. The number of carbonyl (C=O) groups excluding carboxylic acids is 1. The van der Waals surface area contributed by atoms with Crippen LogP contribution in [0.25, 0.3) is 0 Å². The van der Waals surface area contributed by atoms with Gasteiger partial charge in [-0.3, -0.25) is 4.79 Å². The van der Waals surface area contributed by atoms with Gasteiger partial charge in [-0.2, -0.15) is 11.8 Å². The number of sulfone groups is 1. The highest BCUT2D eigenvalue weighted by Crippen LogP contribution is 2.24. The number of aromatic nitrogens is 1. The van der Waals surface area contributed by atoms with Gasteiger partial charge in [0.25, 0.3) is 5.91 Å². The number of halogens is 1. The quantitative estimate of drug-likeness (QED) is 0.877. The molecule has 2 heterocycles. The van der Waals surface area contributed by atoms with Gasteiger partial charge in [0.1, 0.15) is 5.37 Å². The summed E-state index contributed by atoms with van der Waals surface area (Å²) in [7, 11) is -3.43. The van der Waals surface area contributed by atoms with Crippen LogP contribution in [0, 0.1) is 5.82 Å². The number of thioether (sulfide) groups is 1. The van der Waals surface area contributed by atoms with Crippen LogP contribution in [0.2, 0.25) is 0 Å². The van der Waals surface area contributed by atoms with E-state index in [0.29, 0.717) is 11.5 Å². The third kappa shape index (κ3) is 3.13. The zero-order valence-electron chi connectivity index (χ0n) is 11.5. The van der Waals surface area contributed by atoms with Crippen molar-refractivity contribution in [2.75, 3.05) is 29.5 Å². The van der Waals surface area contributed by atoms with Crippen molar-refractivity contribution in [2.45, 2.75) is 12.3 Å². The summed E-state index contributed by atoms with van der Waals surface area (Å²) in [6.07, 6.45) is 1.23. The van der Waals surface area contributed by atoms with E-state index in [4.69, 9.17) is 5.73 Å². The SMILES string of the molecule is CCS(=O)(=O)C1CSCCN1C(=O)c1ccnc(N)c1F. The Morgan fingerprint density at radius 1 is 1.62 bits per heavy atom. The van der Waals surface area contributed by atoms with Crippen LogP contribution in [0.4, 0.5) is 10.2 Å². The van der Waals surface area contributed by atoms with Crippen molar-refractivity contribution in [3.05, 3.63) is 23.6 Å². The first-order valence-electron chi connectivity index (χ1n) is 6.38. The predicted molar refractivity (Wildman–Crippen MR) is 80.2 cm³/mol. The summed E-state index contributed by atoms with van der Waals surface area (Å²) in [5.74, 6) is -1.10. The number of carbonyl (C=O) groups is 1. The summed E-state index contributed by atoms with van der Waals surface area (Å²) in [6, 6.07) is 1.21. The van der Waals surface area contributed by atoms with Gasteiger partial charge < -0.3 is 10.6 Å². The first-order valence-corrected chi connectivity index (χ1v) is 9.25. The zero-order chi connectivity index (χ0) is 15.6. The van der Waals surface area contributed by atoms with Crippen molar-refractivity contribution in [2.24, 2.45) is 0 Å². The minimum Gasteiger partial charge on any atom is -0.381 e. The van der Waals surface area contributed by atoms with E-state index in [0.717, 1.165) is 0 Å². The Balaban J connectivity index is 2.38. The summed E-state index contributed by atoms with van der Waals surface area (Å²) in [4.78, 5) is 17.3. The molecule has 0 aromatic carbocycles. The van der Waals surface area contributed by atoms with E-state index in [1.54, 1.807) is 0 Å². The van der Waals surface area contributed by atoms with Crippen LogP contribution in [-0.2, 0) is 9.84 Å². The van der Waals surface area contributed by atoms with E-state index in [1.807, 2.05) is 0 Å². The molecule has 9 heteroatoms. The molecule has 116 valence electrons. The molecule has 1 aliphatic heterocycles. The van der Waals surface area contributed by atoms with Crippen LogP contribution in [0.3, 0.4) is 0 Å². The van der Waals surface area contributed by atoms with Gasteiger partial charge in [-0.15, -0.1) is 0 Å². The maximum Gasteiger partial charge on any atom is 0.258 e. The van der Waals surface area contributed by atoms with Gasteiger partial charge in [0.15, 0.2) is 21.5 Å². The molecule has 1 aromatic heterocycles. The highest BCUT2D eigenvalue weighted by atomic mass is 32.2. The fourth-order valence-corrected chi connectivity index (χ4v) is 5.05. The molecular formula is C12H16FN3O3S2. The standard InChI is InChI=1S/C12H16FN3O3S2/c1-2-21(18,19)9-7-20-6-5-16(9)12(17)8-3-4-15-11(14)10(8)13/h3-4,9H,2,5-7H2,1H3,(H2,14,15). The van der Waals surface area contributed by atoms with Gasteiger partial charge in [-0.25, -0.2) is 17.8 Å². The van der Waals surface area contributed by atoms with Crippen LogP contribution in [0.5, 0.6) is 0 Å². The third-order valence-corrected chi connectivity index (χ3v) is 6.60. The molecule has 2 rings (SSSR count). The molecule has 1 atom stereocenters. The van der Waals surface area contributed by atoms with Crippen molar-refractivity contribution in [3.8, 4) is 0 Å². The van der Waals surface area contributed by atoms with Crippen LogP contribution in [-0.4, -0.2) is 53.4 Å². The van der Waals surface area contributed by atoms with Gasteiger partial charge in [0.05, 0.1) is 5.56 Å². The maximum atomic E-state index is 13.9. The molecule has 0 spiro atoms. The molecule has 1 amide bonds. The topological polar surface area (TPSA) is 93.4 Å². The van der Waals surface area contributed by atoms with Crippen molar-refractivity contribution in [1.29, 1.82) is 0 Å². The monoisotopic (exact) mass is 333 g/mol. The van der Waals surface area contributed by atoms with Gasteiger partial charge >= 0.3 is 0 Å². The van der Waals surface area contributed by atoms with Crippen LogP contribution in [0.15, 0.2) is 12.3 Å². The normalized spacial score (nSPS) is 19.5. The van der Waals surface area contributed by atoms with Crippen LogP contribution < -0.4 is 5.73 Å². The van der Waals surface area contributed by atoms with E-state index in [-0.39, 0.29) is 23.7 Å². The van der Waals surface area contributed by atoms with Crippen LogP contribution in [0.1, 0.15) is 17.3 Å². The maximum absolute atomic E-state index is 13.9. The summed E-state index contributed by atoms with van der Waals surface area (Å²) >= 11 is 1.47. The molecule has 1 saturated heterocycles. The van der Waals surface area contributed by atoms with Gasteiger partial charge in [0, 0.05) is 30.0 Å². The number of nitrogen functional groups attached to an aromatic ring is 1. The number of hydrogen-bond donors (Lipinski definition) is 1. The minimum absolute atomic E-state index is 0.0665. The number of anilines is 1. The molecule has 1 aromatic rings. The lowest BCUT2D eigenvalue weighted by atomic mass is 10.2. The number of rotatable bonds is 3. The predicted octanol–water partition coefficient (Wildman–Crippen LogP) is 0.753. The molecule has 0 saturated carbocycles. The number of hydrogen-bond acceptors (Lipinski definition) is 6. The Morgan fingerprint density at radius 2 is 2.33 bits per heavy atom. The van der Waals surface area contributed by atoms with Gasteiger partial charge in [-0.05, 0) is 6.07 Å². The Hall–Kier alpha value is -1.35. The smallest absolute Gasteiger partial charge is 0.258 e. The molecule has 0 aliphatic carbocycles. The second-order valence-electron chi connectivity index (χ2n) is 4.54. The Labute approximate surface area is 126 Å². The van der Waals surface area contributed by atoms with Crippen molar-refractivity contribution >= 4 is 33.3 Å². The van der Waals surface area contributed by atoms with E-state index < -0.39 is 26.9 Å². The first kappa shape index (κ1) is 16.0.